The molecule has 0 aliphatic rings. The number of sulfonamides is 1. The highest BCUT2D eigenvalue weighted by atomic mass is 79.9. The van der Waals surface area contributed by atoms with Crippen LogP contribution in [0.1, 0.15) is 11.4 Å². The molecular formula is C14H17BrN4O2S. The molecule has 0 radical (unpaired) electrons. The minimum Gasteiger partial charge on any atom is -0.347 e. The van der Waals surface area contributed by atoms with Crippen molar-refractivity contribution >= 4 is 31.9 Å². The summed E-state index contributed by atoms with van der Waals surface area (Å²) in [7, 11) is 0.0682. The highest BCUT2D eigenvalue weighted by molar-refractivity contribution is 9.10. The van der Waals surface area contributed by atoms with Gasteiger partial charge in [0.05, 0.1) is 17.1 Å². The van der Waals surface area contributed by atoms with E-state index >= 15 is 0 Å². The molecule has 118 valence electrons. The van der Waals surface area contributed by atoms with Crippen LogP contribution in [0.4, 0.5) is 5.95 Å². The number of aryl methyl sites for hydroxylation is 1. The molecular weight excluding hydrogens is 368 g/mol. The van der Waals surface area contributed by atoms with E-state index in [-0.39, 0.29) is 11.4 Å². The molecule has 1 N–H and O–H groups in total. The van der Waals surface area contributed by atoms with Gasteiger partial charge in [0.2, 0.25) is 16.0 Å². The van der Waals surface area contributed by atoms with E-state index in [2.05, 4.69) is 30.6 Å². The topological polar surface area (TPSA) is 75.2 Å². The highest BCUT2D eigenvalue weighted by Gasteiger charge is 2.17. The van der Waals surface area contributed by atoms with Crippen molar-refractivity contribution in [1.29, 1.82) is 0 Å². The number of nitrogens with one attached hydrogen (secondary N) is 1. The fraction of sp³-hybridized carbons (Fsp3) is 0.286. The zero-order chi connectivity index (χ0) is 16.3. The summed E-state index contributed by atoms with van der Waals surface area (Å²) in [6.45, 7) is 1.95. The molecule has 2 rings (SSSR count). The van der Waals surface area contributed by atoms with E-state index in [9.17, 15) is 8.42 Å². The first kappa shape index (κ1) is 16.9. The summed E-state index contributed by atoms with van der Waals surface area (Å²) >= 11 is 3.25. The average molecular weight is 385 g/mol. The van der Waals surface area contributed by atoms with Gasteiger partial charge in [0.25, 0.3) is 0 Å². The van der Waals surface area contributed by atoms with E-state index in [4.69, 9.17) is 0 Å². The molecule has 0 spiro atoms. The van der Waals surface area contributed by atoms with E-state index < -0.39 is 10.0 Å². The van der Waals surface area contributed by atoms with Gasteiger partial charge in [0, 0.05) is 24.3 Å². The summed E-state index contributed by atoms with van der Waals surface area (Å²) in [4.78, 5) is 10.6. The third-order valence-electron chi connectivity index (χ3n) is 2.86. The first-order valence-corrected chi connectivity index (χ1v) is 8.83. The van der Waals surface area contributed by atoms with E-state index in [1.54, 1.807) is 35.2 Å². The number of hydrogen-bond acceptors (Lipinski definition) is 5. The quantitative estimate of drug-likeness (QED) is 0.853. The van der Waals surface area contributed by atoms with Gasteiger partial charge in [-0.05, 0) is 41.1 Å². The Bertz CT molecular complexity index is 778. The van der Waals surface area contributed by atoms with Crippen molar-refractivity contribution in [2.75, 3.05) is 19.0 Å². The van der Waals surface area contributed by atoms with Gasteiger partial charge in [-0.25, -0.2) is 23.1 Å². The largest absolute Gasteiger partial charge is 0.347 e. The van der Waals surface area contributed by atoms with Crippen LogP contribution in [0.15, 0.2) is 39.7 Å². The molecule has 0 saturated carbocycles. The lowest BCUT2D eigenvalue weighted by Crippen LogP contribution is -2.25. The Hall–Kier alpha value is -1.51. The molecule has 6 nitrogen and oxygen atoms in total. The Kier molecular flexibility index (Phi) is 5.15. The Balaban J connectivity index is 2.21. The molecule has 2 aromatic rings. The Morgan fingerprint density at radius 1 is 1.23 bits per heavy atom. The molecule has 0 atom stereocenters. The fourth-order valence-electron chi connectivity index (χ4n) is 1.82. The fourth-order valence-corrected chi connectivity index (χ4v) is 3.82. The van der Waals surface area contributed by atoms with Crippen molar-refractivity contribution in [3.05, 3.63) is 46.2 Å². The molecule has 0 fully saturated rings. The molecule has 1 heterocycles. The zero-order valence-corrected chi connectivity index (χ0v) is 14.9. The zero-order valence-electron chi connectivity index (χ0n) is 12.5. The monoisotopic (exact) mass is 384 g/mol. The van der Waals surface area contributed by atoms with Crippen LogP contribution in [-0.2, 0) is 16.6 Å². The number of hydrogen-bond donors (Lipinski definition) is 1. The molecule has 8 heteroatoms. The lowest BCUT2D eigenvalue weighted by molar-refractivity contribution is 0.579. The molecule has 0 unspecified atom stereocenters. The maximum atomic E-state index is 12.3. The third kappa shape index (κ3) is 4.02. The van der Waals surface area contributed by atoms with Gasteiger partial charge in [0.1, 0.15) is 0 Å². The smallest absolute Gasteiger partial charge is 0.242 e. The first-order valence-electron chi connectivity index (χ1n) is 6.55. The van der Waals surface area contributed by atoms with Crippen molar-refractivity contribution in [2.45, 2.75) is 18.4 Å². The van der Waals surface area contributed by atoms with Crippen molar-refractivity contribution in [3.8, 4) is 0 Å². The lowest BCUT2D eigenvalue weighted by atomic mass is 10.3. The Morgan fingerprint density at radius 2 is 1.91 bits per heavy atom. The van der Waals surface area contributed by atoms with Crippen molar-refractivity contribution < 1.29 is 8.42 Å². The summed E-state index contributed by atoms with van der Waals surface area (Å²) < 4.78 is 27.8. The van der Waals surface area contributed by atoms with E-state index in [1.807, 2.05) is 21.0 Å². The predicted octanol–water partition coefficient (Wildman–Crippen LogP) is 2.09. The normalized spacial score (nSPS) is 11.5. The summed E-state index contributed by atoms with van der Waals surface area (Å²) in [5.41, 5.74) is 1.40. The highest BCUT2D eigenvalue weighted by Crippen LogP contribution is 2.21. The second kappa shape index (κ2) is 6.72. The van der Waals surface area contributed by atoms with E-state index in [0.717, 1.165) is 5.69 Å². The number of aromatic nitrogens is 2. The van der Waals surface area contributed by atoms with Gasteiger partial charge in [-0.1, -0.05) is 12.1 Å². The number of anilines is 1. The summed E-state index contributed by atoms with van der Waals surface area (Å²) in [5.74, 6) is 0.551. The molecule has 1 aromatic heterocycles. The van der Waals surface area contributed by atoms with Gasteiger partial charge in [-0.15, -0.1) is 0 Å². The standard InChI is InChI=1S/C14H17BrN4O2S/c1-10-8-11(18-14(17-10)19(2)3)9-16-22(20,21)13-7-5-4-6-12(13)15/h4-8,16H,9H2,1-3H3. The first-order chi connectivity index (χ1) is 10.3. The van der Waals surface area contributed by atoms with E-state index in [1.165, 1.54) is 0 Å². The number of halogens is 1. The van der Waals surface area contributed by atoms with Crippen molar-refractivity contribution in [1.82, 2.24) is 14.7 Å². The van der Waals surface area contributed by atoms with Crippen LogP contribution in [0.25, 0.3) is 0 Å². The molecule has 0 amide bonds. The molecule has 0 aliphatic carbocycles. The number of nitrogens with zero attached hydrogens (tertiary/aromatic N) is 3. The van der Waals surface area contributed by atoms with Crippen molar-refractivity contribution in [2.24, 2.45) is 0 Å². The van der Waals surface area contributed by atoms with Crippen LogP contribution in [0.2, 0.25) is 0 Å². The summed E-state index contributed by atoms with van der Waals surface area (Å²) in [6.07, 6.45) is 0. The number of benzene rings is 1. The van der Waals surface area contributed by atoms with Crippen LogP contribution in [-0.4, -0.2) is 32.5 Å². The molecule has 1 aromatic carbocycles. The van der Waals surface area contributed by atoms with Gasteiger partial charge < -0.3 is 4.90 Å². The van der Waals surface area contributed by atoms with Crippen LogP contribution in [0.5, 0.6) is 0 Å². The molecule has 0 saturated heterocycles. The minimum absolute atomic E-state index is 0.105. The maximum absolute atomic E-state index is 12.3. The van der Waals surface area contributed by atoms with Gasteiger partial charge in [-0.2, -0.15) is 0 Å². The molecule has 22 heavy (non-hydrogen) atoms. The third-order valence-corrected chi connectivity index (χ3v) is 5.28. The van der Waals surface area contributed by atoms with Crippen LogP contribution < -0.4 is 9.62 Å². The Morgan fingerprint density at radius 3 is 2.55 bits per heavy atom. The molecule has 0 aliphatic heterocycles. The predicted molar refractivity (Wildman–Crippen MR) is 89.3 cm³/mol. The van der Waals surface area contributed by atoms with E-state index in [0.29, 0.717) is 16.1 Å². The second-order valence-corrected chi connectivity index (χ2v) is 7.54. The van der Waals surface area contributed by atoms with Crippen LogP contribution in [0, 0.1) is 6.92 Å². The Labute approximate surface area is 138 Å². The van der Waals surface area contributed by atoms with Gasteiger partial charge in [0.15, 0.2) is 0 Å². The number of rotatable bonds is 5. The van der Waals surface area contributed by atoms with Crippen molar-refractivity contribution in [3.63, 3.8) is 0 Å². The summed E-state index contributed by atoms with van der Waals surface area (Å²) in [5, 5.41) is 0. The minimum atomic E-state index is -3.61. The average Bonchev–Trinajstić information content (AvgIpc) is 2.45. The molecule has 0 bridgehead atoms. The summed E-state index contributed by atoms with van der Waals surface area (Å²) in [6, 6.07) is 8.44. The van der Waals surface area contributed by atoms with Crippen LogP contribution in [0.3, 0.4) is 0 Å². The van der Waals surface area contributed by atoms with Gasteiger partial charge in [-0.3, -0.25) is 0 Å². The van der Waals surface area contributed by atoms with Crippen LogP contribution >= 0.6 is 15.9 Å². The SMILES string of the molecule is Cc1cc(CNS(=O)(=O)c2ccccc2Br)nc(N(C)C)n1. The van der Waals surface area contributed by atoms with Gasteiger partial charge >= 0.3 is 0 Å². The second-order valence-electron chi connectivity index (χ2n) is 4.95. The maximum Gasteiger partial charge on any atom is 0.242 e. The lowest BCUT2D eigenvalue weighted by Gasteiger charge is -2.13.